The summed E-state index contributed by atoms with van der Waals surface area (Å²) in [4.78, 5) is 22.2. The first kappa shape index (κ1) is 14.9. The first-order valence-corrected chi connectivity index (χ1v) is 7.23. The zero-order valence-corrected chi connectivity index (χ0v) is 12.5. The number of rotatable bonds is 3. The quantitative estimate of drug-likeness (QED) is 0.645. The highest BCUT2D eigenvalue weighted by atomic mass is 16.6. The normalized spacial score (nSPS) is 17.0. The molecule has 1 aliphatic rings. The molecule has 1 atom stereocenters. The van der Waals surface area contributed by atoms with E-state index in [0.29, 0.717) is 6.42 Å². The van der Waals surface area contributed by atoms with Crippen molar-refractivity contribution in [2.75, 3.05) is 0 Å². The molecule has 116 valence electrons. The van der Waals surface area contributed by atoms with Crippen molar-refractivity contribution >= 4 is 17.3 Å². The molecule has 2 aromatic rings. The average Bonchev–Trinajstić information content (AvgIpc) is 3.01. The van der Waals surface area contributed by atoms with Crippen LogP contribution >= 0.6 is 0 Å². The molecule has 0 aromatic heterocycles. The molecule has 6 nitrogen and oxygen atoms in total. The summed E-state index contributed by atoms with van der Waals surface area (Å²) >= 11 is 0. The molecule has 2 aromatic carbocycles. The van der Waals surface area contributed by atoms with Crippen LogP contribution in [0.1, 0.15) is 30.5 Å². The van der Waals surface area contributed by atoms with Gasteiger partial charge in [0.25, 0.3) is 5.69 Å². The van der Waals surface area contributed by atoms with Crippen LogP contribution in [0.5, 0.6) is 0 Å². The first-order chi connectivity index (χ1) is 11.1. The summed E-state index contributed by atoms with van der Waals surface area (Å²) in [6, 6.07) is 15.7. The van der Waals surface area contributed by atoms with Crippen molar-refractivity contribution in [3.8, 4) is 0 Å². The number of hydrogen-bond acceptors (Lipinski definition) is 4. The number of nitro groups is 1. The maximum Gasteiger partial charge on any atom is 0.269 e. The van der Waals surface area contributed by atoms with Crippen LogP contribution < -0.4 is 0 Å². The highest BCUT2D eigenvalue weighted by Crippen LogP contribution is 2.33. The van der Waals surface area contributed by atoms with Crippen molar-refractivity contribution in [1.29, 1.82) is 0 Å². The van der Waals surface area contributed by atoms with Gasteiger partial charge in [-0.15, -0.1) is 0 Å². The Morgan fingerprint density at radius 3 is 2.39 bits per heavy atom. The SMILES string of the molecule is CC(=O)N1N=C(c2ccccc2)C[C@H]1c1ccc([N+](=O)[O-])cc1. The molecule has 0 saturated heterocycles. The molecule has 0 spiro atoms. The predicted molar refractivity (Wildman–Crippen MR) is 86.0 cm³/mol. The molecular formula is C17H15N3O3. The van der Waals surface area contributed by atoms with E-state index in [2.05, 4.69) is 5.10 Å². The maximum atomic E-state index is 11.9. The van der Waals surface area contributed by atoms with Gasteiger partial charge in [0, 0.05) is 25.5 Å². The Morgan fingerprint density at radius 1 is 1.17 bits per heavy atom. The molecule has 1 heterocycles. The molecule has 0 unspecified atom stereocenters. The van der Waals surface area contributed by atoms with E-state index >= 15 is 0 Å². The average molecular weight is 309 g/mol. The van der Waals surface area contributed by atoms with Gasteiger partial charge in [-0.2, -0.15) is 5.10 Å². The number of nitro benzene ring substituents is 1. The second-order valence-electron chi connectivity index (χ2n) is 5.34. The number of hydrogen-bond donors (Lipinski definition) is 0. The highest BCUT2D eigenvalue weighted by Gasteiger charge is 2.31. The van der Waals surface area contributed by atoms with Crippen molar-refractivity contribution < 1.29 is 9.72 Å². The Bertz CT molecular complexity index is 769. The molecule has 0 radical (unpaired) electrons. The minimum Gasteiger partial charge on any atom is -0.273 e. The van der Waals surface area contributed by atoms with E-state index in [1.807, 2.05) is 30.3 Å². The molecule has 0 aliphatic carbocycles. The van der Waals surface area contributed by atoms with Crippen LogP contribution in [-0.4, -0.2) is 21.6 Å². The van der Waals surface area contributed by atoms with E-state index in [4.69, 9.17) is 0 Å². The van der Waals surface area contributed by atoms with Crippen molar-refractivity contribution in [3.05, 3.63) is 75.8 Å². The third-order valence-electron chi connectivity index (χ3n) is 3.83. The minimum atomic E-state index is -0.437. The monoisotopic (exact) mass is 309 g/mol. The number of nitrogens with zero attached hydrogens (tertiary/aromatic N) is 3. The highest BCUT2D eigenvalue weighted by molar-refractivity contribution is 6.03. The maximum absolute atomic E-state index is 11.9. The second-order valence-corrected chi connectivity index (χ2v) is 5.34. The van der Waals surface area contributed by atoms with Crippen LogP contribution in [0.4, 0.5) is 5.69 Å². The standard InChI is InChI=1S/C17H15N3O3/c1-12(21)19-17(14-7-9-15(10-8-14)20(22)23)11-16(18-19)13-5-3-2-4-6-13/h2-10,17H,11H2,1H3/t17-/m0/s1. The zero-order chi connectivity index (χ0) is 16.4. The number of carbonyl (C=O) groups excluding carboxylic acids is 1. The second kappa shape index (κ2) is 6.00. The third-order valence-corrected chi connectivity index (χ3v) is 3.83. The largest absolute Gasteiger partial charge is 0.273 e. The Morgan fingerprint density at radius 2 is 1.83 bits per heavy atom. The van der Waals surface area contributed by atoms with Crippen LogP contribution in [0, 0.1) is 10.1 Å². The fraction of sp³-hybridized carbons (Fsp3) is 0.176. The molecule has 0 fully saturated rings. The van der Waals surface area contributed by atoms with Gasteiger partial charge < -0.3 is 0 Å². The molecule has 6 heteroatoms. The lowest BCUT2D eigenvalue weighted by Crippen LogP contribution is -2.24. The molecule has 0 saturated carbocycles. The lowest BCUT2D eigenvalue weighted by molar-refractivity contribution is -0.384. The van der Waals surface area contributed by atoms with Crippen LogP contribution in [0.2, 0.25) is 0 Å². The van der Waals surface area contributed by atoms with E-state index in [9.17, 15) is 14.9 Å². The van der Waals surface area contributed by atoms with Gasteiger partial charge >= 0.3 is 0 Å². The minimum absolute atomic E-state index is 0.0327. The van der Waals surface area contributed by atoms with Crippen molar-refractivity contribution in [1.82, 2.24) is 5.01 Å². The Kier molecular flexibility index (Phi) is 3.89. The lowest BCUT2D eigenvalue weighted by atomic mass is 9.98. The van der Waals surface area contributed by atoms with E-state index in [1.54, 1.807) is 12.1 Å². The van der Waals surface area contributed by atoms with Crippen LogP contribution in [-0.2, 0) is 4.79 Å². The summed E-state index contributed by atoms with van der Waals surface area (Å²) in [7, 11) is 0. The van der Waals surface area contributed by atoms with Crippen molar-refractivity contribution in [3.63, 3.8) is 0 Å². The predicted octanol–water partition coefficient (Wildman–Crippen LogP) is 3.29. The van der Waals surface area contributed by atoms with Gasteiger partial charge in [-0.3, -0.25) is 14.9 Å². The van der Waals surface area contributed by atoms with E-state index in [0.717, 1.165) is 16.8 Å². The van der Waals surface area contributed by atoms with E-state index < -0.39 is 4.92 Å². The number of non-ortho nitro benzene ring substituents is 1. The summed E-state index contributed by atoms with van der Waals surface area (Å²) in [5.74, 6) is -0.153. The Balaban J connectivity index is 1.91. The van der Waals surface area contributed by atoms with E-state index in [1.165, 1.54) is 24.1 Å². The van der Waals surface area contributed by atoms with Gasteiger partial charge in [0.1, 0.15) is 0 Å². The Hall–Kier alpha value is -3.02. The van der Waals surface area contributed by atoms with Gasteiger partial charge in [0.05, 0.1) is 16.7 Å². The van der Waals surface area contributed by atoms with Gasteiger partial charge in [0.15, 0.2) is 0 Å². The topological polar surface area (TPSA) is 75.8 Å². The smallest absolute Gasteiger partial charge is 0.269 e. The van der Waals surface area contributed by atoms with Gasteiger partial charge in [-0.1, -0.05) is 42.5 Å². The molecular weight excluding hydrogens is 294 g/mol. The Labute approximate surface area is 133 Å². The van der Waals surface area contributed by atoms with Crippen LogP contribution in [0.15, 0.2) is 59.7 Å². The van der Waals surface area contributed by atoms with Crippen molar-refractivity contribution in [2.24, 2.45) is 5.10 Å². The number of hydrazone groups is 1. The summed E-state index contributed by atoms with van der Waals surface area (Å²) in [6.07, 6.45) is 0.585. The van der Waals surface area contributed by atoms with Crippen molar-refractivity contribution in [2.45, 2.75) is 19.4 Å². The number of benzene rings is 2. The fourth-order valence-corrected chi connectivity index (χ4v) is 2.68. The number of carbonyl (C=O) groups is 1. The van der Waals surface area contributed by atoms with Gasteiger partial charge in [-0.05, 0) is 11.1 Å². The molecule has 1 aliphatic heterocycles. The molecule has 0 bridgehead atoms. The molecule has 1 amide bonds. The summed E-state index contributed by atoms with van der Waals surface area (Å²) in [5.41, 5.74) is 2.68. The fourth-order valence-electron chi connectivity index (χ4n) is 2.68. The van der Waals surface area contributed by atoms with E-state index in [-0.39, 0.29) is 17.6 Å². The zero-order valence-electron chi connectivity index (χ0n) is 12.5. The number of amides is 1. The summed E-state index contributed by atoms with van der Waals surface area (Å²) in [5, 5.41) is 16.6. The van der Waals surface area contributed by atoms with Crippen LogP contribution in [0.25, 0.3) is 0 Å². The van der Waals surface area contributed by atoms with Gasteiger partial charge in [0.2, 0.25) is 5.91 Å². The molecule has 23 heavy (non-hydrogen) atoms. The summed E-state index contributed by atoms with van der Waals surface area (Å²) in [6.45, 7) is 1.47. The van der Waals surface area contributed by atoms with Crippen LogP contribution in [0.3, 0.4) is 0 Å². The summed E-state index contributed by atoms with van der Waals surface area (Å²) < 4.78 is 0. The first-order valence-electron chi connectivity index (χ1n) is 7.23. The van der Waals surface area contributed by atoms with Gasteiger partial charge in [-0.25, -0.2) is 5.01 Å². The molecule has 3 rings (SSSR count). The molecule has 0 N–H and O–H groups in total. The lowest BCUT2D eigenvalue weighted by Gasteiger charge is -2.20. The third kappa shape index (κ3) is 2.96.